The Hall–Kier alpha value is -2.64. The highest BCUT2D eigenvalue weighted by atomic mass is 32.2. The number of amides is 2. The maximum atomic E-state index is 13.0. The van der Waals surface area contributed by atoms with Crippen LogP contribution in [0.25, 0.3) is 0 Å². The molecule has 0 saturated carbocycles. The lowest BCUT2D eigenvalue weighted by molar-refractivity contribution is -0.128. The summed E-state index contributed by atoms with van der Waals surface area (Å²) < 4.78 is 5.16. The number of amidine groups is 1. The number of carbonyl (C=O) groups is 2. The molecule has 0 unspecified atom stereocenters. The number of hydrogen-bond acceptors (Lipinski definition) is 5. The Labute approximate surface area is 181 Å². The zero-order valence-corrected chi connectivity index (χ0v) is 18.6. The number of nitrogens with zero attached hydrogens (tertiary/aromatic N) is 2. The van der Waals surface area contributed by atoms with Gasteiger partial charge in [-0.05, 0) is 50.1 Å². The van der Waals surface area contributed by atoms with Crippen LogP contribution in [0.3, 0.4) is 0 Å². The van der Waals surface area contributed by atoms with Crippen molar-refractivity contribution in [3.8, 4) is 0 Å². The van der Waals surface area contributed by atoms with Gasteiger partial charge in [0, 0.05) is 19.2 Å². The summed E-state index contributed by atoms with van der Waals surface area (Å²) in [6.07, 6.45) is 0.0900. The topological polar surface area (TPSA) is 71.0 Å². The van der Waals surface area contributed by atoms with E-state index in [1.807, 2.05) is 63.2 Å². The van der Waals surface area contributed by atoms with Crippen molar-refractivity contribution in [2.24, 2.45) is 4.99 Å². The number of methoxy groups -OCH3 is 1. The lowest BCUT2D eigenvalue weighted by Crippen LogP contribution is -2.35. The van der Waals surface area contributed by atoms with Gasteiger partial charge in [-0.1, -0.05) is 41.6 Å². The fraction of sp³-hybridized carbons (Fsp3) is 0.348. The molecule has 158 valence electrons. The first-order valence-corrected chi connectivity index (χ1v) is 10.8. The summed E-state index contributed by atoms with van der Waals surface area (Å²) >= 11 is 1.34. The van der Waals surface area contributed by atoms with E-state index in [0.29, 0.717) is 18.3 Å². The molecule has 0 aliphatic carbocycles. The summed E-state index contributed by atoms with van der Waals surface area (Å²) in [5, 5.41) is 2.97. The molecule has 3 rings (SSSR count). The van der Waals surface area contributed by atoms with Crippen molar-refractivity contribution in [1.29, 1.82) is 0 Å². The summed E-state index contributed by atoms with van der Waals surface area (Å²) in [5.74, 6) is -0.301. The molecule has 1 saturated heterocycles. The van der Waals surface area contributed by atoms with E-state index in [-0.39, 0.29) is 18.2 Å². The zero-order valence-electron chi connectivity index (χ0n) is 17.8. The molecule has 1 aliphatic heterocycles. The molecule has 1 N–H and O–H groups in total. The van der Waals surface area contributed by atoms with Crippen molar-refractivity contribution < 1.29 is 14.3 Å². The molecular weight excluding hydrogens is 398 g/mol. The quantitative estimate of drug-likeness (QED) is 0.721. The van der Waals surface area contributed by atoms with E-state index < -0.39 is 5.25 Å². The minimum absolute atomic E-state index is 0.0900. The van der Waals surface area contributed by atoms with E-state index >= 15 is 0 Å². The lowest BCUT2D eigenvalue weighted by Gasteiger charge is -2.16. The van der Waals surface area contributed by atoms with Crippen LogP contribution < -0.4 is 5.32 Å². The first-order chi connectivity index (χ1) is 14.4. The van der Waals surface area contributed by atoms with Gasteiger partial charge in [0.1, 0.15) is 5.25 Å². The van der Waals surface area contributed by atoms with E-state index in [1.54, 1.807) is 12.0 Å². The Balaban J connectivity index is 1.76. The zero-order chi connectivity index (χ0) is 21.7. The van der Waals surface area contributed by atoms with Gasteiger partial charge in [-0.15, -0.1) is 0 Å². The van der Waals surface area contributed by atoms with Crippen LogP contribution in [0.4, 0.5) is 11.4 Å². The highest BCUT2D eigenvalue weighted by molar-refractivity contribution is 8.15. The molecule has 1 atom stereocenters. The number of nitrogens with one attached hydrogen (secondary N) is 1. The summed E-state index contributed by atoms with van der Waals surface area (Å²) in [6, 6.07) is 13.5. The largest absolute Gasteiger partial charge is 0.383 e. The van der Waals surface area contributed by atoms with E-state index in [0.717, 1.165) is 28.1 Å². The van der Waals surface area contributed by atoms with Gasteiger partial charge in [0.2, 0.25) is 11.8 Å². The van der Waals surface area contributed by atoms with Gasteiger partial charge in [-0.25, -0.2) is 4.99 Å². The number of ether oxygens (including phenoxy) is 1. The predicted molar refractivity (Wildman–Crippen MR) is 122 cm³/mol. The molecule has 0 bridgehead atoms. The normalized spacial score (nSPS) is 17.6. The van der Waals surface area contributed by atoms with Crippen LogP contribution in [0.1, 0.15) is 23.1 Å². The summed E-state index contributed by atoms with van der Waals surface area (Å²) in [5.41, 5.74) is 4.89. The van der Waals surface area contributed by atoms with Crippen molar-refractivity contribution in [1.82, 2.24) is 4.90 Å². The van der Waals surface area contributed by atoms with Crippen LogP contribution in [-0.2, 0) is 14.3 Å². The van der Waals surface area contributed by atoms with Crippen LogP contribution in [0.15, 0.2) is 47.5 Å². The predicted octanol–water partition coefficient (Wildman–Crippen LogP) is 4.22. The third-order valence-corrected chi connectivity index (χ3v) is 6.21. The van der Waals surface area contributed by atoms with Gasteiger partial charge in [0.25, 0.3) is 0 Å². The number of aryl methyl sites for hydroxylation is 2. The second-order valence-electron chi connectivity index (χ2n) is 7.32. The number of benzene rings is 2. The van der Waals surface area contributed by atoms with Gasteiger partial charge in [0.05, 0.1) is 18.8 Å². The van der Waals surface area contributed by atoms with E-state index in [9.17, 15) is 9.59 Å². The van der Waals surface area contributed by atoms with Crippen LogP contribution in [0.2, 0.25) is 0 Å². The second kappa shape index (κ2) is 9.91. The smallest absolute Gasteiger partial charge is 0.242 e. The molecule has 6 nitrogen and oxygen atoms in total. The molecule has 0 aromatic heterocycles. The maximum absolute atomic E-state index is 13.0. The Kier molecular flexibility index (Phi) is 7.29. The summed E-state index contributed by atoms with van der Waals surface area (Å²) in [6.45, 7) is 6.85. The molecule has 1 fully saturated rings. The standard InChI is InChI=1S/C23H27N3O3S/c1-15-8-10-18(11-9-15)24-21(27)14-20-22(28)26(12-13-29-4)23(30-20)25-19-7-5-6-16(2)17(19)3/h5-11,20H,12-14H2,1-4H3,(H,24,27)/t20-/m0/s1. The number of thioether (sulfide) groups is 1. The minimum Gasteiger partial charge on any atom is -0.383 e. The molecule has 30 heavy (non-hydrogen) atoms. The average molecular weight is 426 g/mol. The van der Waals surface area contributed by atoms with Crippen LogP contribution in [0.5, 0.6) is 0 Å². The SMILES string of the molecule is COCCN1C(=O)[C@H](CC(=O)Nc2ccc(C)cc2)SC1=Nc1cccc(C)c1C. The van der Waals surface area contributed by atoms with Gasteiger partial charge in [-0.3, -0.25) is 14.5 Å². The Morgan fingerprint density at radius 2 is 1.90 bits per heavy atom. The molecule has 0 radical (unpaired) electrons. The number of anilines is 1. The second-order valence-corrected chi connectivity index (χ2v) is 8.49. The number of rotatable bonds is 7. The molecule has 2 amide bonds. The molecule has 0 spiro atoms. The van der Waals surface area contributed by atoms with Crippen molar-refractivity contribution >= 4 is 40.1 Å². The fourth-order valence-corrected chi connectivity index (χ4v) is 4.27. The van der Waals surface area contributed by atoms with Crippen molar-refractivity contribution in [2.75, 3.05) is 25.6 Å². The number of aliphatic imine (C=N–C) groups is 1. The third-order valence-electron chi connectivity index (χ3n) is 5.04. The van der Waals surface area contributed by atoms with Crippen LogP contribution >= 0.6 is 11.8 Å². The summed E-state index contributed by atoms with van der Waals surface area (Å²) in [4.78, 5) is 31.9. The van der Waals surface area contributed by atoms with E-state index in [1.165, 1.54) is 11.8 Å². The van der Waals surface area contributed by atoms with Crippen molar-refractivity contribution in [3.63, 3.8) is 0 Å². The van der Waals surface area contributed by atoms with Crippen molar-refractivity contribution in [3.05, 3.63) is 59.2 Å². The highest BCUT2D eigenvalue weighted by Crippen LogP contribution is 2.33. The highest BCUT2D eigenvalue weighted by Gasteiger charge is 2.39. The van der Waals surface area contributed by atoms with Crippen LogP contribution in [-0.4, -0.2) is 47.4 Å². The number of hydrogen-bond donors (Lipinski definition) is 1. The van der Waals surface area contributed by atoms with E-state index in [2.05, 4.69) is 5.32 Å². The average Bonchev–Trinajstić information content (AvgIpc) is 3.00. The fourth-order valence-electron chi connectivity index (χ4n) is 3.09. The van der Waals surface area contributed by atoms with Crippen molar-refractivity contribution in [2.45, 2.75) is 32.4 Å². The molecule has 2 aromatic carbocycles. The van der Waals surface area contributed by atoms with Gasteiger partial charge in [0.15, 0.2) is 5.17 Å². The molecule has 1 aliphatic rings. The Bertz CT molecular complexity index is 957. The van der Waals surface area contributed by atoms with Gasteiger partial charge < -0.3 is 10.1 Å². The minimum atomic E-state index is -0.504. The monoisotopic (exact) mass is 425 g/mol. The molecule has 1 heterocycles. The van der Waals surface area contributed by atoms with Crippen LogP contribution in [0, 0.1) is 20.8 Å². The van der Waals surface area contributed by atoms with Gasteiger partial charge >= 0.3 is 0 Å². The molecule has 7 heteroatoms. The third kappa shape index (κ3) is 5.29. The summed E-state index contributed by atoms with van der Waals surface area (Å²) in [7, 11) is 1.60. The van der Waals surface area contributed by atoms with E-state index in [4.69, 9.17) is 9.73 Å². The maximum Gasteiger partial charge on any atom is 0.242 e. The Morgan fingerprint density at radius 1 is 1.17 bits per heavy atom. The first kappa shape index (κ1) is 22.1. The Morgan fingerprint density at radius 3 is 2.60 bits per heavy atom. The lowest BCUT2D eigenvalue weighted by atomic mass is 10.1. The first-order valence-electron chi connectivity index (χ1n) is 9.87. The number of carbonyl (C=O) groups excluding carboxylic acids is 2. The van der Waals surface area contributed by atoms with Gasteiger partial charge in [-0.2, -0.15) is 0 Å². The molecule has 2 aromatic rings. The molecular formula is C23H27N3O3S.